The summed E-state index contributed by atoms with van der Waals surface area (Å²) in [5, 5.41) is 0. The van der Waals surface area contributed by atoms with E-state index in [9.17, 15) is 18.0 Å². The molecular formula is C29H43F2N3O8S. The van der Waals surface area contributed by atoms with Crippen LogP contribution in [0, 0.1) is 5.92 Å². The van der Waals surface area contributed by atoms with E-state index in [1.54, 1.807) is 48.5 Å². The average molecular weight is 632 g/mol. The zero-order valence-electron chi connectivity index (χ0n) is 26.4. The molecule has 1 aliphatic carbocycles. The monoisotopic (exact) mass is 631 g/mol. The Kier molecular flexibility index (Phi) is 10.8. The Balaban J connectivity index is 2.69. The number of alkyl halides is 1. The van der Waals surface area contributed by atoms with E-state index in [4.69, 9.17) is 18.9 Å². The topological polar surface area (TPSA) is 133 Å². The van der Waals surface area contributed by atoms with E-state index in [0.717, 1.165) is 26.8 Å². The van der Waals surface area contributed by atoms with Crippen molar-refractivity contribution in [1.82, 2.24) is 4.90 Å². The van der Waals surface area contributed by atoms with E-state index < -0.39 is 72.7 Å². The number of hydrogen-bond acceptors (Lipinski definition) is 10. The lowest BCUT2D eigenvalue weighted by Gasteiger charge is -2.46. The summed E-state index contributed by atoms with van der Waals surface area (Å²) in [7, 11) is -4.89. The number of carbonyl (C=O) groups is 2. The molecule has 0 fully saturated rings. The van der Waals surface area contributed by atoms with E-state index in [0.29, 0.717) is 4.90 Å². The molecule has 2 rings (SSSR count). The minimum atomic E-state index is -4.89. The normalized spacial score (nSPS) is 25.7. The van der Waals surface area contributed by atoms with Crippen LogP contribution in [0.25, 0.3) is 0 Å². The summed E-state index contributed by atoms with van der Waals surface area (Å²) in [6.45, 7) is 17.6. The Labute approximate surface area is 252 Å². The average Bonchev–Trinajstić information content (AvgIpc) is 3.24. The molecule has 0 bridgehead atoms. The maximum absolute atomic E-state index is 16.3. The highest BCUT2D eigenvalue weighted by atomic mass is 32.2. The number of imide groups is 1. The summed E-state index contributed by atoms with van der Waals surface area (Å²) < 4.78 is 79.0. The minimum Gasteiger partial charge on any atom is -0.497 e. The SMILES string of the molecule is C=N/C=C/OCCOC(C)C1=CC=C(F)C1[C@@]1(C)N=C(N(C(=O)OC(C)(C)C)C(=O)OC(C)(C)C)C(C)(C)S(=O)(=O)C1F. The van der Waals surface area contributed by atoms with Crippen LogP contribution in [0.5, 0.6) is 0 Å². The van der Waals surface area contributed by atoms with Gasteiger partial charge in [0.2, 0.25) is 5.50 Å². The molecule has 242 valence electrons. The fraction of sp³-hybridized carbons (Fsp3) is 0.655. The fourth-order valence-electron chi connectivity index (χ4n) is 4.53. The zero-order valence-corrected chi connectivity index (χ0v) is 27.3. The van der Waals surface area contributed by atoms with Gasteiger partial charge in [0.15, 0.2) is 9.84 Å². The minimum absolute atomic E-state index is 0.0506. The highest BCUT2D eigenvalue weighted by Crippen LogP contribution is 2.50. The van der Waals surface area contributed by atoms with Crippen molar-refractivity contribution in [3.05, 3.63) is 36.0 Å². The molecule has 0 N–H and O–H groups in total. The highest BCUT2D eigenvalue weighted by molar-refractivity contribution is 7.94. The number of amidine groups is 1. The second-order valence-electron chi connectivity index (χ2n) is 12.8. The number of hydrogen-bond donors (Lipinski definition) is 0. The molecule has 2 aliphatic rings. The van der Waals surface area contributed by atoms with Crippen LogP contribution in [0.15, 0.2) is 46.0 Å². The van der Waals surface area contributed by atoms with Gasteiger partial charge in [-0.1, -0.05) is 6.08 Å². The van der Waals surface area contributed by atoms with E-state index >= 15 is 8.78 Å². The first-order valence-electron chi connectivity index (χ1n) is 13.7. The highest BCUT2D eigenvalue weighted by Gasteiger charge is 2.64. The molecule has 11 nitrogen and oxygen atoms in total. The molecule has 0 spiro atoms. The molecule has 1 aliphatic heterocycles. The third-order valence-corrected chi connectivity index (χ3v) is 9.25. The van der Waals surface area contributed by atoms with Gasteiger partial charge in [-0.15, -0.1) is 0 Å². The number of ether oxygens (including phenoxy) is 4. The van der Waals surface area contributed by atoms with Gasteiger partial charge in [-0.05, 0) is 87.6 Å². The summed E-state index contributed by atoms with van der Waals surface area (Å²) in [4.78, 5) is 35.1. The number of sulfone groups is 1. The van der Waals surface area contributed by atoms with Crippen LogP contribution in [-0.4, -0.2) is 84.4 Å². The molecule has 4 atom stereocenters. The van der Waals surface area contributed by atoms with Gasteiger partial charge in [-0.25, -0.2) is 26.8 Å². The van der Waals surface area contributed by atoms with E-state index in [2.05, 4.69) is 16.7 Å². The van der Waals surface area contributed by atoms with Gasteiger partial charge in [-0.3, -0.25) is 9.98 Å². The van der Waals surface area contributed by atoms with Crippen molar-refractivity contribution >= 4 is 34.6 Å². The lowest BCUT2D eigenvalue weighted by molar-refractivity contribution is 0.0135. The number of nitrogens with zero attached hydrogens (tertiary/aromatic N) is 3. The number of amides is 2. The van der Waals surface area contributed by atoms with Crippen molar-refractivity contribution in [2.75, 3.05) is 13.2 Å². The van der Waals surface area contributed by atoms with Crippen LogP contribution in [0.4, 0.5) is 18.4 Å². The summed E-state index contributed by atoms with van der Waals surface area (Å²) in [6.07, 6.45) is 1.67. The van der Waals surface area contributed by atoms with Crippen LogP contribution in [-0.2, 0) is 28.8 Å². The first kappa shape index (κ1) is 36.1. The summed E-state index contributed by atoms with van der Waals surface area (Å²) in [5.74, 6) is -3.09. The Morgan fingerprint density at radius 1 is 1.09 bits per heavy atom. The molecule has 0 radical (unpaired) electrons. The van der Waals surface area contributed by atoms with Gasteiger partial charge in [-0.2, -0.15) is 4.90 Å². The smallest absolute Gasteiger partial charge is 0.425 e. The predicted molar refractivity (Wildman–Crippen MR) is 159 cm³/mol. The molecule has 0 aromatic heterocycles. The summed E-state index contributed by atoms with van der Waals surface area (Å²) in [6, 6.07) is 0. The number of aliphatic imine (C=N–C) groups is 2. The lowest BCUT2D eigenvalue weighted by Crippen LogP contribution is -2.65. The molecule has 0 saturated carbocycles. The Hall–Kier alpha value is -3.13. The van der Waals surface area contributed by atoms with Gasteiger partial charge >= 0.3 is 12.2 Å². The molecule has 1 heterocycles. The standard InChI is InChI=1S/C29H43F2N3O8S/c1-18(40-17-16-39-15-14-32-11)19-12-13-20(30)21(19)29(10)22(31)43(37,38)28(8,9)23(33-29)34(24(35)41-26(2,3)4)25(36)42-27(5,6)7/h12-15,18,21-22H,11,16-17H2,1-10H3/b15-14+/t18?,21?,22?,29-/m1/s1. The Morgan fingerprint density at radius 3 is 2.12 bits per heavy atom. The van der Waals surface area contributed by atoms with Gasteiger partial charge in [0, 0.05) is 0 Å². The third-order valence-electron chi connectivity index (χ3n) is 6.62. The van der Waals surface area contributed by atoms with Crippen LogP contribution in [0.2, 0.25) is 0 Å². The van der Waals surface area contributed by atoms with Crippen LogP contribution < -0.4 is 0 Å². The van der Waals surface area contributed by atoms with E-state index in [1.807, 2.05) is 0 Å². The van der Waals surface area contributed by atoms with Gasteiger partial charge < -0.3 is 18.9 Å². The van der Waals surface area contributed by atoms with Crippen molar-refractivity contribution in [3.63, 3.8) is 0 Å². The predicted octanol–water partition coefficient (Wildman–Crippen LogP) is 5.82. The van der Waals surface area contributed by atoms with Gasteiger partial charge in [0.1, 0.15) is 46.0 Å². The maximum atomic E-state index is 16.3. The number of allylic oxidation sites excluding steroid dienone is 2. The number of carbonyl (C=O) groups excluding carboxylic acids is 2. The molecule has 0 aromatic rings. The van der Waals surface area contributed by atoms with Crippen molar-refractivity contribution in [2.45, 2.75) is 102 Å². The number of rotatable bonds is 8. The molecule has 0 saturated heterocycles. The second kappa shape index (κ2) is 12.8. The van der Waals surface area contributed by atoms with Crippen molar-refractivity contribution < 1.29 is 45.7 Å². The maximum Gasteiger partial charge on any atom is 0.425 e. The van der Waals surface area contributed by atoms with Crippen molar-refractivity contribution in [3.8, 4) is 0 Å². The Bertz CT molecular complexity index is 1300. The summed E-state index contributed by atoms with van der Waals surface area (Å²) >= 11 is 0. The van der Waals surface area contributed by atoms with E-state index in [1.165, 1.54) is 18.5 Å². The molecule has 3 unspecified atom stereocenters. The van der Waals surface area contributed by atoms with Crippen LogP contribution >= 0.6 is 0 Å². The molecule has 43 heavy (non-hydrogen) atoms. The second-order valence-corrected chi connectivity index (χ2v) is 15.4. The molecule has 2 amide bonds. The fourth-order valence-corrected chi connectivity index (χ4v) is 6.25. The van der Waals surface area contributed by atoms with E-state index in [-0.39, 0.29) is 18.8 Å². The molecule has 0 aromatic carbocycles. The molecule has 14 heteroatoms. The van der Waals surface area contributed by atoms with Crippen LogP contribution in [0.3, 0.4) is 0 Å². The lowest BCUT2D eigenvalue weighted by atomic mass is 9.80. The third kappa shape index (κ3) is 7.88. The largest absolute Gasteiger partial charge is 0.497 e. The van der Waals surface area contributed by atoms with Gasteiger partial charge in [0.05, 0.1) is 24.8 Å². The quantitative estimate of drug-likeness (QED) is 0.186. The first-order valence-corrected chi connectivity index (χ1v) is 15.2. The summed E-state index contributed by atoms with van der Waals surface area (Å²) in [5.41, 5.74) is -7.15. The van der Waals surface area contributed by atoms with Gasteiger partial charge in [0.25, 0.3) is 0 Å². The first-order chi connectivity index (χ1) is 19.5. The number of halogens is 2. The van der Waals surface area contributed by atoms with Crippen LogP contribution in [0.1, 0.15) is 69.2 Å². The van der Waals surface area contributed by atoms with Crippen molar-refractivity contribution in [1.29, 1.82) is 0 Å². The van der Waals surface area contributed by atoms with Crippen molar-refractivity contribution in [2.24, 2.45) is 15.9 Å². The zero-order chi connectivity index (χ0) is 33.2. The molecular weight excluding hydrogens is 588 g/mol. The Morgan fingerprint density at radius 2 is 1.63 bits per heavy atom.